The highest BCUT2D eigenvalue weighted by atomic mass is 15.1. The van der Waals surface area contributed by atoms with E-state index in [4.69, 9.17) is 0 Å². The van der Waals surface area contributed by atoms with Crippen LogP contribution in [0.2, 0.25) is 0 Å². The van der Waals surface area contributed by atoms with E-state index in [0.717, 1.165) is 42.6 Å². The number of benzene rings is 2. The van der Waals surface area contributed by atoms with E-state index in [2.05, 4.69) is 53.0 Å². The molecule has 27 heavy (non-hydrogen) atoms. The molecule has 0 amide bonds. The van der Waals surface area contributed by atoms with E-state index < -0.39 is 5.41 Å². The monoisotopic (exact) mass is 355 g/mol. The van der Waals surface area contributed by atoms with Gasteiger partial charge in [0.1, 0.15) is 11.2 Å². The van der Waals surface area contributed by atoms with Crippen LogP contribution in [0.5, 0.6) is 0 Å². The van der Waals surface area contributed by atoms with Gasteiger partial charge in [0, 0.05) is 24.9 Å². The number of rotatable bonds is 5. The van der Waals surface area contributed by atoms with Crippen molar-refractivity contribution in [1.29, 1.82) is 5.26 Å². The van der Waals surface area contributed by atoms with Crippen molar-refractivity contribution in [1.82, 2.24) is 9.55 Å². The molecule has 0 spiro atoms. The molecule has 1 aliphatic carbocycles. The summed E-state index contributed by atoms with van der Waals surface area (Å²) in [5.74, 6) is 1.42. The van der Waals surface area contributed by atoms with E-state index in [1.807, 2.05) is 42.6 Å². The van der Waals surface area contributed by atoms with Crippen LogP contribution >= 0.6 is 0 Å². The van der Waals surface area contributed by atoms with Gasteiger partial charge in [0.25, 0.3) is 0 Å². The maximum Gasteiger partial charge on any atom is 0.110 e. The van der Waals surface area contributed by atoms with Crippen molar-refractivity contribution in [3.05, 3.63) is 90.0 Å². The van der Waals surface area contributed by atoms with Crippen molar-refractivity contribution in [2.24, 2.45) is 5.92 Å². The molecule has 0 radical (unpaired) electrons. The lowest BCUT2D eigenvalue weighted by atomic mass is 9.66. The SMILES string of the molecule is CCc1nccn1[C@H]1CCC(C(C#N)(c2ccccc2)c2ccccc2)C1. The number of nitriles is 1. The van der Waals surface area contributed by atoms with E-state index >= 15 is 0 Å². The maximum atomic E-state index is 10.5. The second kappa shape index (κ2) is 7.40. The van der Waals surface area contributed by atoms with Crippen LogP contribution in [0.15, 0.2) is 73.1 Å². The van der Waals surface area contributed by atoms with Gasteiger partial charge in [-0.15, -0.1) is 0 Å². The Balaban J connectivity index is 1.76. The van der Waals surface area contributed by atoms with Gasteiger partial charge in [-0.3, -0.25) is 0 Å². The fraction of sp³-hybridized carbons (Fsp3) is 0.333. The summed E-state index contributed by atoms with van der Waals surface area (Å²) in [4.78, 5) is 4.50. The lowest BCUT2D eigenvalue weighted by Crippen LogP contribution is -2.34. The van der Waals surface area contributed by atoms with Gasteiger partial charge in [-0.05, 0) is 36.3 Å². The molecule has 1 aliphatic rings. The molecule has 0 N–H and O–H groups in total. The van der Waals surface area contributed by atoms with Crippen LogP contribution in [-0.4, -0.2) is 9.55 Å². The van der Waals surface area contributed by atoms with Crippen molar-refractivity contribution in [2.75, 3.05) is 0 Å². The summed E-state index contributed by atoms with van der Waals surface area (Å²) in [5, 5.41) is 10.5. The standard InChI is InChI=1S/C24H25N3/c1-2-23-26-15-16-27(23)22-14-13-21(17-22)24(18-25,19-9-5-3-6-10-19)20-11-7-4-8-12-20/h3-12,15-16,21-22H,2,13-14,17H2,1H3/t21?,22-/m0/s1. The van der Waals surface area contributed by atoms with Crippen molar-refractivity contribution in [3.63, 3.8) is 0 Å². The summed E-state index contributed by atoms with van der Waals surface area (Å²) >= 11 is 0. The van der Waals surface area contributed by atoms with Crippen LogP contribution < -0.4 is 0 Å². The van der Waals surface area contributed by atoms with Crippen molar-refractivity contribution >= 4 is 0 Å². The maximum absolute atomic E-state index is 10.5. The molecule has 3 nitrogen and oxygen atoms in total. The summed E-state index contributed by atoms with van der Waals surface area (Å²) in [6.07, 6.45) is 8.08. The molecule has 1 saturated carbocycles. The van der Waals surface area contributed by atoms with Gasteiger partial charge >= 0.3 is 0 Å². The molecule has 1 aromatic heterocycles. The lowest BCUT2D eigenvalue weighted by Gasteiger charge is -2.34. The Morgan fingerprint density at radius 1 is 1.04 bits per heavy atom. The molecule has 1 fully saturated rings. The molecule has 1 heterocycles. The third-order valence-electron chi connectivity index (χ3n) is 6.11. The molecule has 2 aromatic carbocycles. The first-order valence-electron chi connectivity index (χ1n) is 9.83. The molecule has 1 unspecified atom stereocenters. The van der Waals surface area contributed by atoms with E-state index in [1.165, 1.54) is 0 Å². The first kappa shape index (κ1) is 17.5. The lowest BCUT2D eigenvalue weighted by molar-refractivity contribution is 0.379. The molecular formula is C24H25N3. The highest BCUT2D eigenvalue weighted by molar-refractivity contribution is 5.47. The Bertz CT molecular complexity index is 882. The van der Waals surface area contributed by atoms with Gasteiger partial charge < -0.3 is 4.57 Å². The molecule has 3 aromatic rings. The van der Waals surface area contributed by atoms with Crippen LogP contribution in [-0.2, 0) is 11.8 Å². The van der Waals surface area contributed by atoms with Crippen molar-refractivity contribution in [2.45, 2.75) is 44.1 Å². The predicted molar refractivity (Wildman–Crippen MR) is 107 cm³/mol. The summed E-state index contributed by atoms with van der Waals surface area (Å²) in [5.41, 5.74) is 1.60. The summed E-state index contributed by atoms with van der Waals surface area (Å²) in [7, 11) is 0. The predicted octanol–water partition coefficient (Wildman–Crippen LogP) is 5.30. The molecule has 3 heteroatoms. The second-order valence-electron chi connectivity index (χ2n) is 7.42. The minimum atomic E-state index is -0.607. The van der Waals surface area contributed by atoms with Gasteiger partial charge in [-0.25, -0.2) is 4.98 Å². The Morgan fingerprint density at radius 2 is 1.67 bits per heavy atom. The van der Waals surface area contributed by atoms with E-state index in [9.17, 15) is 5.26 Å². The summed E-state index contributed by atoms with van der Waals surface area (Å²) < 4.78 is 2.33. The Hall–Kier alpha value is -2.86. The minimum absolute atomic E-state index is 0.282. The van der Waals surface area contributed by atoms with Gasteiger partial charge in [0.2, 0.25) is 0 Å². The minimum Gasteiger partial charge on any atom is -0.332 e. The van der Waals surface area contributed by atoms with Gasteiger partial charge in [0.05, 0.1) is 6.07 Å². The Kier molecular flexibility index (Phi) is 4.81. The Morgan fingerprint density at radius 3 is 2.22 bits per heavy atom. The zero-order valence-corrected chi connectivity index (χ0v) is 15.8. The van der Waals surface area contributed by atoms with E-state index in [1.54, 1.807) is 0 Å². The zero-order chi connectivity index (χ0) is 18.7. The molecule has 4 rings (SSSR count). The van der Waals surface area contributed by atoms with Crippen LogP contribution in [0.3, 0.4) is 0 Å². The third kappa shape index (κ3) is 2.96. The van der Waals surface area contributed by atoms with Crippen LogP contribution in [0, 0.1) is 17.2 Å². The van der Waals surface area contributed by atoms with Gasteiger partial charge in [-0.1, -0.05) is 67.6 Å². The van der Waals surface area contributed by atoms with E-state index in [-0.39, 0.29) is 5.92 Å². The first-order chi connectivity index (χ1) is 13.3. The van der Waals surface area contributed by atoms with Crippen LogP contribution in [0.25, 0.3) is 0 Å². The number of nitrogens with zero attached hydrogens (tertiary/aromatic N) is 3. The number of aromatic nitrogens is 2. The first-order valence-corrected chi connectivity index (χ1v) is 9.83. The smallest absolute Gasteiger partial charge is 0.110 e. The number of imidazole rings is 1. The fourth-order valence-corrected chi connectivity index (χ4v) is 4.81. The zero-order valence-electron chi connectivity index (χ0n) is 15.8. The van der Waals surface area contributed by atoms with Crippen molar-refractivity contribution < 1.29 is 0 Å². The third-order valence-corrected chi connectivity index (χ3v) is 6.11. The highest BCUT2D eigenvalue weighted by Crippen LogP contribution is 2.49. The number of aryl methyl sites for hydroxylation is 1. The average molecular weight is 355 g/mol. The topological polar surface area (TPSA) is 41.6 Å². The van der Waals surface area contributed by atoms with Gasteiger partial charge in [0.15, 0.2) is 0 Å². The highest BCUT2D eigenvalue weighted by Gasteiger charge is 2.46. The molecule has 136 valence electrons. The quantitative estimate of drug-likeness (QED) is 0.623. The molecule has 0 aliphatic heterocycles. The van der Waals surface area contributed by atoms with Crippen molar-refractivity contribution in [3.8, 4) is 6.07 Å². The normalized spacial score (nSPS) is 19.7. The summed E-state index contributed by atoms with van der Waals surface area (Å²) in [6.45, 7) is 2.15. The summed E-state index contributed by atoms with van der Waals surface area (Å²) in [6, 6.07) is 23.8. The number of hydrogen-bond donors (Lipinski definition) is 0. The molecular weight excluding hydrogens is 330 g/mol. The largest absolute Gasteiger partial charge is 0.332 e. The fourth-order valence-electron chi connectivity index (χ4n) is 4.81. The molecule has 2 atom stereocenters. The van der Waals surface area contributed by atoms with Crippen LogP contribution in [0.1, 0.15) is 49.2 Å². The van der Waals surface area contributed by atoms with E-state index in [0.29, 0.717) is 6.04 Å². The molecule has 0 bridgehead atoms. The van der Waals surface area contributed by atoms with Crippen LogP contribution in [0.4, 0.5) is 0 Å². The Labute approximate surface area is 161 Å². The number of hydrogen-bond acceptors (Lipinski definition) is 2. The second-order valence-corrected chi connectivity index (χ2v) is 7.42. The average Bonchev–Trinajstić information content (AvgIpc) is 3.40. The van der Waals surface area contributed by atoms with Gasteiger partial charge in [-0.2, -0.15) is 5.26 Å². The molecule has 0 saturated heterocycles.